The number of carbonyl (C=O) groups is 1. The minimum atomic E-state index is -0.464. The first kappa shape index (κ1) is 19.9. The highest BCUT2D eigenvalue weighted by Gasteiger charge is 2.26. The zero-order chi connectivity index (χ0) is 18.3. The Morgan fingerprint density at radius 1 is 1.12 bits per heavy atom. The topological polar surface area (TPSA) is 68.0 Å². The van der Waals surface area contributed by atoms with Gasteiger partial charge in [-0.15, -0.1) is 0 Å². The molecule has 0 aromatic heterocycles. The summed E-state index contributed by atoms with van der Waals surface area (Å²) in [6, 6.07) is 5.63. The van der Waals surface area contributed by atoms with Crippen LogP contribution in [0.5, 0.6) is 5.75 Å². The van der Waals surface area contributed by atoms with Crippen molar-refractivity contribution in [2.24, 2.45) is 0 Å². The lowest BCUT2D eigenvalue weighted by atomic mass is 10.2. The van der Waals surface area contributed by atoms with Crippen molar-refractivity contribution < 1.29 is 14.3 Å². The molecule has 1 aromatic rings. The first-order valence-electron chi connectivity index (χ1n) is 8.46. The normalized spacial score (nSPS) is 14.6. The minimum absolute atomic E-state index is 0.253. The maximum absolute atomic E-state index is 12.1. The molecule has 0 radical (unpaired) electrons. The predicted molar refractivity (Wildman–Crippen MR) is 98.8 cm³/mol. The number of piperazine rings is 1. The van der Waals surface area contributed by atoms with Gasteiger partial charge in [-0.05, 0) is 32.9 Å². The molecule has 1 amide bonds. The number of carbonyl (C=O) groups excluding carboxylic acids is 1. The summed E-state index contributed by atoms with van der Waals surface area (Å²) < 4.78 is 10.8. The molecule has 0 unspecified atom stereocenters. The number of hydrogen-bond donors (Lipinski definition) is 1. The summed E-state index contributed by atoms with van der Waals surface area (Å²) in [5.74, 6) is 0.755. The fourth-order valence-corrected chi connectivity index (χ4v) is 2.41. The fraction of sp³-hybridized carbons (Fsp3) is 0.611. The molecule has 2 N–H and O–H groups in total. The number of nitrogens with zero attached hydrogens (tertiary/aromatic N) is 2. The second-order valence-electron chi connectivity index (χ2n) is 6.39. The van der Waals surface area contributed by atoms with E-state index in [1.165, 1.54) is 0 Å². The summed E-state index contributed by atoms with van der Waals surface area (Å²) in [5.41, 5.74) is 7.00. The maximum atomic E-state index is 12.1. The van der Waals surface area contributed by atoms with E-state index >= 15 is 0 Å². The number of amides is 1. The van der Waals surface area contributed by atoms with Crippen LogP contribution in [0.1, 0.15) is 34.6 Å². The lowest BCUT2D eigenvalue weighted by Crippen LogP contribution is -2.50. The van der Waals surface area contributed by atoms with E-state index in [9.17, 15) is 4.79 Å². The number of hydrogen-bond acceptors (Lipinski definition) is 5. The van der Waals surface area contributed by atoms with E-state index in [2.05, 4.69) is 4.90 Å². The molecule has 0 saturated carbocycles. The first-order chi connectivity index (χ1) is 11.3. The van der Waals surface area contributed by atoms with Gasteiger partial charge in [0.05, 0.1) is 12.8 Å². The van der Waals surface area contributed by atoms with Crippen molar-refractivity contribution in [3.63, 3.8) is 0 Å². The number of ether oxygens (including phenoxy) is 2. The number of nitrogens with two attached hydrogens (primary N) is 1. The van der Waals surface area contributed by atoms with Crippen LogP contribution in [0, 0.1) is 0 Å². The monoisotopic (exact) mass is 337 g/mol. The van der Waals surface area contributed by atoms with Crippen LogP contribution in [-0.2, 0) is 4.74 Å². The van der Waals surface area contributed by atoms with E-state index in [1.54, 1.807) is 12.0 Å². The molecule has 6 nitrogen and oxygen atoms in total. The largest absolute Gasteiger partial charge is 0.495 e. The van der Waals surface area contributed by atoms with Crippen molar-refractivity contribution in [3.8, 4) is 5.75 Å². The molecule has 24 heavy (non-hydrogen) atoms. The molecule has 1 fully saturated rings. The Hall–Kier alpha value is -2.11. The summed E-state index contributed by atoms with van der Waals surface area (Å²) >= 11 is 0. The Morgan fingerprint density at radius 2 is 1.71 bits per heavy atom. The summed E-state index contributed by atoms with van der Waals surface area (Å²) in [4.78, 5) is 16.0. The van der Waals surface area contributed by atoms with E-state index in [-0.39, 0.29) is 6.09 Å². The Balaban J connectivity index is 0.00000139. The number of anilines is 2. The van der Waals surface area contributed by atoms with Crippen molar-refractivity contribution in [1.82, 2.24) is 4.90 Å². The van der Waals surface area contributed by atoms with Crippen LogP contribution in [0.3, 0.4) is 0 Å². The van der Waals surface area contributed by atoms with Gasteiger partial charge in [-0.2, -0.15) is 0 Å². The molecule has 0 atom stereocenters. The van der Waals surface area contributed by atoms with Gasteiger partial charge in [0.1, 0.15) is 11.4 Å². The molecule has 0 bridgehead atoms. The van der Waals surface area contributed by atoms with Crippen LogP contribution < -0.4 is 15.4 Å². The average molecular weight is 337 g/mol. The predicted octanol–water partition coefficient (Wildman–Crippen LogP) is 3.36. The molecule has 2 rings (SSSR count). The smallest absolute Gasteiger partial charge is 0.410 e. The van der Waals surface area contributed by atoms with Gasteiger partial charge in [-0.25, -0.2) is 4.79 Å². The molecule has 1 heterocycles. The molecule has 0 aliphatic carbocycles. The van der Waals surface area contributed by atoms with Crippen molar-refractivity contribution in [2.45, 2.75) is 40.2 Å². The molecule has 1 aliphatic rings. The number of benzene rings is 1. The Bertz CT molecular complexity index is 533. The minimum Gasteiger partial charge on any atom is -0.495 e. The molecule has 1 aliphatic heterocycles. The third kappa shape index (κ3) is 5.51. The zero-order valence-corrected chi connectivity index (χ0v) is 15.8. The lowest BCUT2D eigenvalue weighted by Gasteiger charge is -2.37. The Kier molecular flexibility index (Phi) is 7.19. The maximum Gasteiger partial charge on any atom is 0.410 e. The molecule has 136 valence electrons. The molecule has 1 saturated heterocycles. The van der Waals surface area contributed by atoms with Crippen molar-refractivity contribution in [3.05, 3.63) is 18.2 Å². The quantitative estimate of drug-likeness (QED) is 0.838. The van der Waals surface area contributed by atoms with Gasteiger partial charge in [0.15, 0.2) is 0 Å². The third-order valence-corrected chi connectivity index (χ3v) is 3.48. The second-order valence-corrected chi connectivity index (χ2v) is 6.39. The number of methoxy groups -OCH3 is 1. The number of nitrogen functional groups attached to an aromatic ring is 1. The van der Waals surface area contributed by atoms with Gasteiger partial charge >= 0.3 is 6.09 Å². The summed E-state index contributed by atoms with van der Waals surface area (Å²) in [7, 11) is 1.63. The van der Waals surface area contributed by atoms with Crippen LogP contribution in [0.15, 0.2) is 18.2 Å². The SMILES string of the molecule is CC.COc1cc(N)ccc1N1CCN(C(=O)OC(C)(C)C)CC1. The summed E-state index contributed by atoms with van der Waals surface area (Å²) in [5, 5.41) is 0. The highest BCUT2D eigenvalue weighted by Crippen LogP contribution is 2.31. The summed E-state index contributed by atoms with van der Waals surface area (Å²) in [6.45, 7) is 12.4. The van der Waals surface area contributed by atoms with Gasteiger partial charge in [0.2, 0.25) is 0 Å². The Morgan fingerprint density at radius 3 is 2.21 bits per heavy atom. The van der Waals surface area contributed by atoms with E-state index in [1.807, 2.05) is 52.8 Å². The van der Waals surface area contributed by atoms with Crippen LogP contribution >= 0.6 is 0 Å². The van der Waals surface area contributed by atoms with E-state index in [0.717, 1.165) is 24.5 Å². The molecule has 0 spiro atoms. The van der Waals surface area contributed by atoms with Gasteiger partial charge in [-0.3, -0.25) is 0 Å². The molecule has 6 heteroatoms. The highest BCUT2D eigenvalue weighted by molar-refractivity contribution is 5.69. The standard InChI is InChI=1S/C16H25N3O3.C2H6/c1-16(2,3)22-15(20)19-9-7-18(8-10-19)13-6-5-12(17)11-14(13)21-4;1-2/h5-6,11H,7-10,17H2,1-4H3;1-2H3. The van der Waals surface area contributed by atoms with E-state index in [4.69, 9.17) is 15.2 Å². The zero-order valence-electron chi connectivity index (χ0n) is 15.8. The van der Waals surface area contributed by atoms with Crippen LogP contribution in [0.4, 0.5) is 16.2 Å². The van der Waals surface area contributed by atoms with Gasteiger partial charge < -0.3 is 25.0 Å². The van der Waals surface area contributed by atoms with Crippen LogP contribution in [0.2, 0.25) is 0 Å². The van der Waals surface area contributed by atoms with Crippen LogP contribution in [0.25, 0.3) is 0 Å². The van der Waals surface area contributed by atoms with E-state index < -0.39 is 5.60 Å². The third-order valence-electron chi connectivity index (χ3n) is 3.48. The second kappa shape index (κ2) is 8.66. The van der Waals surface area contributed by atoms with Crippen molar-refractivity contribution in [1.29, 1.82) is 0 Å². The first-order valence-corrected chi connectivity index (χ1v) is 8.46. The molecule has 1 aromatic carbocycles. The van der Waals surface area contributed by atoms with Gasteiger partial charge in [0, 0.05) is 37.9 Å². The number of rotatable bonds is 2. The molecular weight excluding hydrogens is 306 g/mol. The van der Waals surface area contributed by atoms with Crippen LogP contribution in [-0.4, -0.2) is 49.9 Å². The Labute approximate surface area is 145 Å². The highest BCUT2D eigenvalue weighted by atomic mass is 16.6. The van der Waals surface area contributed by atoms with E-state index in [0.29, 0.717) is 18.8 Å². The van der Waals surface area contributed by atoms with Gasteiger partial charge in [0.25, 0.3) is 0 Å². The molecular formula is C18H31N3O3. The van der Waals surface area contributed by atoms with Crippen molar-refractivity contribution >= 4 is 17.5 Å². The lowest BCUT2D eigenvalue weighted by molar-refractivity contribution is 0.0240. The van der Waals surface area contributed by atoms with Gasteiger partial charge in [-0.1, -0.05) is 13.8 Å². The average Bonchev–Trinajstić information content (AvgIpc) is 2.55. The van der Waals surface area contributed by atoms with Crippen molar-refractivity contribution in [2.75, 3.05) is 43.9 Å². The fourth-order valence-electron chi connectivity index (χ4n) is 2.41. The summed E-state index contributed by atoms with van der Waals surface area (Å²) in [6.07, 6.45) is -0.253.